The summed E-state index contributed by atoms with van der Waals surface area (Å²) < 4.78 is 5.62. The van der Waals surface area contributed by atoms with Gasteiger partial charge in [-0.25, -0.2) is 0 Å². The highest BCUT2D eigenvalue weighted by molar-refractivity contribution is 7.99. The zero-order chi connectivity index (χ0) is 10.5. The summed E-state index contributed by atoms with van der Waals surface area (Å²) in [6.07, 6.45) is 3.40. The van der Waals surface area contributed by atoms with Crippen molar-refractivity contribution in [2.45, 2.75) is 24.2 Å². The maximum absolute atomic E-state index is 5.62. The van der Waals surface area contributed by atoms with Gasteiger partial charge in [-0.2, -0.15) is 0 Å². The molecular weight excluding hydrogens is 206 g/mol. The fraction of sp³-hybridized carbons (Fsp3) is 0.500. The van der Waals surface area contributed by atoms with Crippen LogP contribution in [0.2, 0.25) is 0 Å². The minimum atomic E-state index is 0.790. The summed E-state index contributed by atoms with van der Waals surface area (Å²) in [6.45, 7) is 1.63. The van der Waals surface area contributed by atoms with E-state index in [-0.39, 0.29) is 0 Å². The topological polar surface area (TPSA) is 35.2 Å². The summed E-state index contributed by atoms with van der Waals surface area (Å²) >= 11 is 1.92. The third-order valence-corrected chi connectivity index (χ3v) is 3.67. The van der Waals surface area contributed by atoms with E-state index in [1.54, 1.807) is 0 Å². The number of unbranched alkanes of at least 4 members (excludes halogenated alkanes) is 1. The first-order valence-corrected chi connectivity index (χ1v) is 6.48. The highest BCUT2D eigenvalue weighted by Crippen LogP contribution is 2.36. The minimum absolute atomic E-state index is 0.790. The predicted molar refractivity (Wildman–Crippen MR) is 64.7 cm³/mol. The van der Waals surface area contributed by atoms with Crippen LogP contribution in [-0.2, 0) is 6.42 Å². The van der Waals surface area contributed by atoms with Crippen molar-refractivity contribution in [3.63, 3.8) is 0 Å². The van der Waals surface area contributed by atoms with Gasteiger partial charge < -0.3 is 10.5 Å². The summed E-state index contributed by atoms with van der Waals surface area (Å²) in [5.74, 6) is 2.14. The van der Waals surface area contributed by atoms with E-state index >= 15 is 0 Å². The molecule has 1 aliphatic rings. The van der Waals surface area contributed by atoms with Crippen molar-refractivity contribution in [1.82, 2.24) is 0 Å². The van der Waals surface area contributed by atoms with Gasteiger partial charge in [0.25, 0.3) is 0 Å². The average Bonchev–Trinajstić information content (AvgIpc) is 2.30. The van der Waals surface area contributed by atoms with Gasteiger partial charge in [0.2, 0.25) is 0 Å². The van der Waals surface area contributed by atoms with Gasteiger partial charge in [0.1, 0.15) is 5.75 Å². The number of fused-ring (bicyclic) bond motifs is 1. The molecule has 0 atom stereocenters. The zero-order valence-electron chi connectivity index (χ0n) is 8.87. The number of hydrogen-bond donors (Lipinski definition) is 1. The highest BCUT2D eigenvalue weighted by Gasteiger charge is 2.13. The van der Waals surface area contributed by atoms with Crippen molar-refractivity contribution in [2.24, 2.45) is 5.73 Å². The van der Waals surface area contributed by atoms with Crippen molar-refractivity contribution >= 4 is 11.8 Å². The van der Waals surface area contributed by atoms with Crippen molar-refractivity contribution < 1.29 is 4.74 Å². The summed E-state index contributed by atoms with van der Waals surface area (Å²) in [6, 6.07) is 6.35. The van der Waals surface area contributed by atoms with Crippen LogP contribution in [0.4, 0.5) is 0 Å². The molecule has 1 aliphatic heterocycles. The SMILES string of the molecule is NCCCCc1cccc2c1SCCO2. The van der Waals surface area contributed by atoms with Crippen LogP contribution in [0, 0.1) is 0 Å². The quantitative estimate of drug-likeness (QED) is 0.796. The number of aryl methyl sites for hydroxylation is 1. The molecule has 2 rings (SSSR count). The van der Waals surface area contributed by atoms with E-state index in [2.05, 4.69) is 18.2 Å². The lowest BCUT2D eigenvalue weighted by atomic mass is 10.1. The van der Waals surface area contributed by atoms with E-state index in [1.165, 1.54) is 16.9 Å². The number of rotatable bonds is 4. The van der Waals surface area contributed by atoms with E-state index in [1.807, 2.05) is 11.8 Å². The van der Waals surface area contributed by atoms with Gasteiger partial charge in [-0.3, -0.25) is 0 Å². The Hall–Kier alpha value is -0.670. The standard InChI is InChI=1S/C12H17NOS/c13-7-2-1-4-10-5-3-6-11-12(10)15-9-8-14-11/h3,5-6H,1-2,4,7-9,13H2. The Kier molecular flexibility index (Phi) is 3.92. The van der Waals surface area contributed by atoms with E-state index in [4.69, 9.17) is 10.5 Å². The van der Waals surface area contributed by atoms with Crippen LogP contribution in [0.3, 0.4) is 0 Å². The van der Waals surface area contributed by atoms with E-state index < -0.39 is 0 Å². The Morgan fingerprint density at radius 2 is 2.27 bits per heavy atom. The number of nitrogens with two attached hydrogens (primary N) is 1. The number of thioether (sulfide) groups is 1. The molecular formula is C12H17NOS. The third-order valence-electron chi connectivity index (χ3n) is 2.55. The fourth-order valence-corrected chi connectivity index (χ4v) is 2.79. The average molecular weight is 223 g/mol. The molecule has 0 radical (unpaired) electrons. The number of ether oxygens (including phenoxy) is 1. The molecule has 3 heteroatoms. The van der Waals surface area contributed by atoms with E-state index in [0.717, 1.165) is 37.5 Å². The predicted octanol–water partition coefficient (Wildman–Crippen LogP) is 2.45. The molecule has 0 saturated heterocycles. The summed E-state index contributed by atoms with van der Waals surface area (Å²) in [5.41, 5.74) is 6.92. The maximum Gasteiger partial charge on any atom is 0.133 e. The van der Waals surface area contributed by atoms with Crippen LogP contribution in [0.25, 0.3) is 0 Å². The fourth-order valence-electron chi connectivity index (χ4n) is 1.79. The van der Waals surface area contributed by atoms with Crippen molar-refractivity contribution in [1.29, 1.82) is 0 Å². The van der Waals surface area contributed by atoms with Crippen molar-refractivity contribution in [2.75, 3.05) is 18.9 Å². The van der Waals surface area contributed by atoms with Crippen LogP contribution >= 0.6 is 11.8 Å². The first kappa shape index (κ1) is 10.8. The molecule has 2 nitrogen and oxygen atoms in total. The second-order valence-electron chi connectivity index (χ2n) is 3.69. The molecule has 0 unspecified atom stereocenters. The molecule has 0 bridgehead atoms. The zero-order valence-corrected chi connectivity index (χ0v) is 9.69. The normalized spacial score (nSPS) is 14.5. The Labute approximate surface area is 95.2 Å². The molecule has 0 aliphatic carbocycles. The first-order chi connectivity index (χ1) is 7.42. The first-order valence-electron chi connectivity index (χ1n) is 5.49. The smallest absolute Gasteiger partial charge is 0.133 e. The van der Waals surface area contributed by atoms with Crippen LogP contribution < -0.4 is 10.5 Å². The lowest BCUT2D eigenvalue weighted by Crippen LogP contribution is -2.08. The Bertz CT molecular complexity index is 327. The Balaban J connectivity index is 2.09. The summed E-state index contributed by atoms with van der Waals surface area (Å²) in [5, 5.41) is 0. The van der Waals surface area contributed by atoms with Crippen LogP contribution in [-0.4, -0.2) is 18.9 Å². The van der Waals surface area contributed by atoms with Crippen LogP contribution in [0.1, 0.15) is 18.4 Å². The lowest BCUT2D eigenvalue weighted by molar-refractivity contribution is 0.329. The molecule has 0 saturated carbocycles. The monoisotopic (exact) mass is 223 g/mol. The molecule has 1 heterocycles. The van der Waals surface area contributed by atoms with Crippen LogP contribution in [0.5, 0.6) is 5.75 Å². The summed E-state index contributed by atoms with van der Waals surface area (Å²) in [4.78, 5) is 1.35. The largest absolute Gasteiger partial charge is 0.492 e. The van der Waals surface area contributed by atoms with Gasteiger partial charge in [-0.05, 0) is 37.4 Å². The Morgan fingerprint density at radius 3 is 3.13 bits per heavy atom. The van der Waals surface area contributed by atoms with Gasteiger partial charge in [-0.1, -0.05) is 12.1 Å². The number of hydrogen-bond acceptors (Lipinski definition) is 3. The third kappa shape index (κ3) is 2.67. The molecule has 0 amide bonds. The van der Waals surface area contributed by atoms with Crippen molar-refractivity contribution in [3.8, 4) is 5.75 Å². The Morgan fingerprint density at radius 1 is 1.33 bits per heavy atom. The van der Waals surface area contributed by atoms with Gasteiger partial charge in [0.15, 0.2) is 0 Å². The van der Waals surface area contributed by atoms with Crippen molar-refractivity contribution in [3.05, 3.63) is 23.8 Å². The van der Waals surface area contributed by atoms with Gasteiger partial charge in [-0.15, -0.1) is 11.8 Å². The van der Waals surface area contributed by atoms with E-state index in [0.29, 0.717) is 0 Å². The number of benzene rings is 1. The minimum Gasteiger partial charge on any atom is -0.492 e. The molecule has 0 fully saturated rings. The van der Waals surface area contributed by atoms with E-state index in [9.17, 15) is 0 Å². The van der Waals surface area contributed by atoms with Gasteiger partial charge in [0, 0.05) is 5.75 Å². The molecule has 2 N–H and O–H groups in total. The molecule has 1 aromatic carbocycles. The van der Waals surface area contributed by atoms with Gasteiger partial charge >= 0.3 is 0 Å². The molecule has 15 heavy (non-hydrogen) atoms. The molecule has 1 aromatic rings. The second-order valence-corrected chi connectivity index (χ2v) is 4.79. The van der Waals surface area contributed by atoms with Gasteiger partial charge in [0.05, 0.1) is 11.5 Å². The lowest BCUT2D eigenvalue weighted by Gasteiger charge is -2.19. The summed E-state index contributed by atoms with van der Waals surface area (Å²) in [7, 11) is 0. The highest BCUT2D eigenvalue weighted by atomic mass is 32.2. The van der Waals surface area contributed by atoms with Crippen LogP contribution in [0.15, 0.2) is 23.1 Å². The molecule has 82 valence electrons. The molecule has 0 aromatic heterocycles. The second kappa shape index (κ2) is 5.42. The molecule has 0 spiro atoms. The maximum atomic E-state index is 5.62.